The van der Waals surface area contributed by atoms with E-state index in [-0.39, 0.29) is 5.82 Å². The highest BCUT2D eigenvalue weighted by Gasteiger charge is 2.20. The van der Waals surface area contributed by atoms with Crippen LogP contribution in [0.5, 0.6) is 0 Å². The van der Waals surface area contributed by atoms with Gasteiger partial charge >= 0.3 is 5.97 Å². The fraction of sp³-hybridized carbons (Fsp3) is 0.0741. The van der Waals surface area contributed by atoms with Gasteiger partial charge in [-0.05, 0) is 68.9 Å². The second kappa shape index (κ2) is 9.77. The third-order valence-electron chi connectivity index (χ3n) is 5.42. The summed E-state index contributed by atoms with van der Waals surface area (Å²) in [4.78, 5) is 14.4. The van der Waals surface area contributed by atoms with Crippen LogP contribution in [-0.4, -0.2) is 16.1 Å². The standard InChI is InChI=1S/C27H20BrClFNO2/c1-2-19(20-13-12-18(30)15-22(20)29)25(17-10-7-16(8-11-17)9-14-24(32)33)27-26(28)21-5-3-4-6-23(21)31-27/h3-15,31H,2H2,1H3,(H,32,33)/b14-9+,25-19+. The molecule has 0 aliphatic heterocycles. The lowest BCUT2D eigenvalue weighted by Crippen LogP contribution is -1.97. The van der Waals surface area contributed by atoms with Crippen molar-refractivity contribution in [1.29, 1.82) is 0 Å². The number of allylic oxidation sites excluding steroid dienone is 1. The van der Waals surface area contributed by atoms with Gasteiger partial charge in [-0.1, -0.05) is 67.1 Å². The van der Waals surface area contributed by atoms with Crippen LogP contribution in [0.15, 0.2) is 77.3 Å². The molecule has 0 saturated heterocycles. The Bertz CT molecular complexity index is 1400. The number of hydrogen-bond donors (Lipinski definition) is 2. The van der Waals surface area contributed by atoms with Crippen LogP contribution in [-0.2, 0) is 4.79 Å². The number of hydrogen-bond acceptors (Lipinski definition) is 1. The fourth-order valence-electron chi connectivity index (χ4n) is 3.91. The van der Waals surface area contributed by atoms with Crippen molar-refractivity contribution in [2.45, 2.75) is 13.3 Å². The molecule has 2 N–H and O–H groups in total. The molecule has 0 aliphatic carbocycles. The van der Waals surface area contributed by atoms with E-state index in [0.29, 0.717) is 11.4 Å². The number of para-hydroxylation sites is 1. The van der Waals surface area contributed by atoms with E-state index in [4.69, 9.17) is 16.7 Å². The van der Waals surface area contributed by atoms with E-state index in [2.05, 4.69) is 20.9 Å². The van der Waals surface area contributed by atoms with Crippen molar-refractivity contribution in [1.82, 2.24) is 4.98 Å². The minimum Gasteiger partial charge on any atom is -0.478 e. The minimum absolute atomic E-state index is 0.345. The van der Waals surface area contributed by atoms with Crippen LogP contribution >= 0.6 is 27.5 Å². The second-order valence-electron chi connectivity index (χ2n) is 7.48. The summed E-state index contributed by atoms with van der Waals surface area (Å²) in [6.07, 6.45) is 3.31. The molecule has 1 heterocycles. The van der Waals surface area contributed by atoms with Crippen molar-refractivity contribution < 1.29 is 14.3 Å². The number of aliphatic carboxylic acids is 1. The molecule has 0 radical (unpaired) electrons. The normalized spacial score (nSPS) is 12.4. The lowest BCUT2D eigenvalue weighted by atomic mass is 9.90. The first-order valence-corrected chi connectivity index (χ1v) is 11.5. The van der Waals surface area contributed by atoms with Crippen LogP contribution in [0.2, 0.25) is 5.02 Å². The summed E-state index contributed by atoms with van der Waals surface area (Å²) in [6, 6.07) is 20.1. The molecule has 0 aliphatic rings. The van der Waals surface area contributed by atoms with Gasteiger partial charge in [-0.15, -0.1) is 0 Å². The number of carboxylic acids is 1. The molecule has 0 fully saturated rings. The minimum atomic E-state index is -0.999. The molecule has 0 bridgehead atoms. The zero-order valence-electron chi connectivity index (χ0n) is 17.7. The van der Waals surface area contributed by atoms with Crippen molar-refractivity contribution in [2.75, 3.05) is 0 Å². The first-order valence-electron chi connectivity index (χ1n) is 10.4. The molecule has 4 aromatic rings. The predicted molar refractivity (Wildman–Crippen MR) is 137 cm³/mol. The van der Waals surface area contributed by atoms with Crippen LogP contribution in [0, 0.1) is 5.82 Å². The topological polar surface area (TPSA) is 53.1 Å². The van der Waals surface area contributed by atoms with E-state index in [1.165, 1.54) is 12.1 Å². The summed E-state index contributed by atoms with van der Waals surface area (Å²) in [6.45, 7) is 2.04. The Labute approximate surface area is 204 Å². The smallest absolute Gasteiger partial charge is 0.328 e. The number of carboxylic acid groups (broad SMARTS) is 1. The third kappa shape index (κ3) is 4.80. The molecule has 166 valence electrons. The van der Waals surface area contributed by atoms with Crippen LogP contribution in [0.4, 0.5) is 4.39 Å². The lowest BCUT2D eigenvalue weighted by Gasteiger charge is -2.17. The molecule has 3 nitrogen and oxygen atoms in total. The van der Waals surface area contributed by atoms with Gasteiger partial charge < -0.3 is 10.1 Å². The number of aromatic nitrogens is 1. The van der Waals surface area contributed by atoms with Crippen LogP contribution in [0.25, 0.3) is 28.1 Å². The molecule has 4 rings (SSSR count). The van der Waals surface area contributed by atoms with Crippen molar-refractivity contribution >= 4 is 61.6 Å². The second-order valence-corrected chi connectivity index (χ2v) is 8.68. The summed E-state index contributed by atoms with van der Waals surface area (Å²) in [5.74, 6) is -1.39. The van der Waals surface area contributed by atoms with E-state index in [1.54, 1.807) is 12.1 Å². The van der Waals surface area contributed by atoms with Gasteiger partial charge in [0.25, 0.3) is 0 Å². The van der Waals surface area contributed by atoms with Crippen LogP contribution in [0.1, 0.15) is 35.7 Å². The quantitative estimate of drug-likeness (QED) is 0.197. The maximum Gasteiger partial charge on any atom is 0.328 e. The molecule has 0 unspecified atom stereocenters. The van der Waals surface area contributed by atoms with Gasteiger partial charge in [0, 0.05) is 22.6 Å². The van der Waals surface area contributed by atoms with Gasteiger partial charge in [-0.2, -0.15) is 0 Å². The summed E-state index contributed by atoms with van der Waals surface area (Å²) in [5, 5.41) is 10.3. The van der Waals surface area contributed by atoms with E-state index >= 15 is 0 Å². The van der Waals surface area contributed by atoms with Gasteiger partial charge in [0.15, 0.2) is 0 Å². The SMILES string of the molecule is CC/C(=C(/c1ccc(/C=C/C(=O)O)cc1)c1[nH]c2ccccc2c1Br)c1ccc(F)cc1Cl. The summed E-state index contributed by atoms with van der Waals surface area (Å²) in [7, 11) is 0. The molecule has 0 amide bonds. The number of H-pyrrole nitrogens is 1. The van der Waals surface area contributed by atoms with E-state index in [0.717, 1.165) is 55.0 Å². The molecule has 0 atom stereocenters. The Morgan fingerprint density at radius 2 is 1.85 bits per heavy atom. The number of halogens is 3. The Morgan fingerprint density at radius 1 is 1.12 bits per heavy atom. The highest BCUT2D eigenvalue weighted by Crippen LogP contribution is 2.41. The van der Waals surface area contributed by atoms with Crippen molar-refractivity contribution in [3.8, 4) is 0 Å². The van der Waals surface area contributed by atoms with Gasteiger partial charge in [-0.25, -0.2) is 9.18 Å². The molecule has 33 heavy (non-hydrogen) atoms. The molecular weight excluding hydrogens is 505 g/mol. The van der Waals surface area contributed by atoms with Crippen LogP contribution < -0.4 is 0 Å². The number of nitrogens with one attached hydrogen (secondary N) is 1. The molecule has 0 spiro atoms. The van der Waals surface area contributed by atoms with Gasteiger partial charge in [-0.3, -0.25) is 0 Å². The zero-order valence-corrected chi connectivity index (χ0v) is 20.0. The molecular formula is C27H20BrClFNO2. The first kappa shape index (κ1) is 23.0. The average molecular weight is 525 g/mol. The Morgan fingerprint density at radius 3 is 2.48 bits per heavy atom. The molecule has 0 saturated carbocycles. The maximum atomic E-state index is 13.8. The zero-order chi connectivity index (χ0) is 23.5. The maximum absolute atomic E-state index is 13.8. The Hall–Kier alpha value is -3.15. The Kier molecular flexibility index (Phi) is 6.82. The summed E-state index contributed by atoms with van der Waals surface area (Å²) < 4.78 is 14.7. The monoisotopic (exact) mass is 523 g/mol. The van der Waals surface area contributed by atoms with Crippen molar-refractivity contribution in [3.05, 3.63) is 111 Å². The number of carbonyl (C=O) groups is 1. The molecule has 3 aromatic carbocycles. The largest absolute Gasteiger partial charge is 0.478 e. The summed E-state index contributed by atoms with van der Waals surface area (Å²) in [5.41, 5.74) is 6.22. The summed E-state index contributed by atoms with van der Waals surface area (Å²) >= 11 is 10.2. The third-order valence-corrected chi connectivity index (χ3v) is 6.56. The van der Waals surface area contributed by atoms with E-state index < -0.39 is 5.97 Å². The average Bonchev–Trinajstić information content (AvgIpc) is 3.13. The molecule has 1 aromatic heterocycles. The van der Waals surface area contributed by atoms with E-state index in [9.17, 15) is 9.18 Å². The Balaban J connectivity index is 1.98. The number of aromatic amines is 1. The van der Waals surface area contributed by atoms with E-state index in [1.807, 2.05) is 55.5 Å². The van der Waals surface area contributed by atoms with Gasteiger partial charge in [0.2, 0.25) is 0 Å². The predicted octanol–water partition coefficient (Wildman–Crippen LogP) is 8.19. The molecule has 6 heteroatoms. The number of fused-ring (bicyclic) bond motifs is 1. The highest BCUT2D eigenvalue weighted by molar-refractivity contribution is 9.10. The van der Waals surface area contributed by atoms with Gasteiger partial charge in [0.05, 0.1) is 15.2 Å². The van der Waals surface area contributed by atoms with Crippen molar-refractivity contribution in [2.24, 2.45) is 0 Å². The first-order chi connectivity index (χ1) is 15.9. The van der Waals surface area contributed by atoms with Crippen molar-refractivity contribution in [3.63, 3.8) is 0 Å². The van der Waals surface area contributed by atoms with Gasteiger partial charge in [0.1, 0.15) is 5.82 Å². The number of rotatable bonds is 6. The fourth-order valence-corrected chi connectivity index (χ4v) is 4.84. The van der Waals surface area contributed by atoms with Crippen LogP contribution in [0.3, 0.4) is 0 Å². The highest BCUT2D eigenvalue weighted by atomic mass is 79.9. The number of benzene rings is 3. The lowest BCUT2D eigenvalue weighted by molar-refractivity contribution is -0.131.